The third kappa shape index (κ3) is 4.52. The molecule has 0 saturated carbocycles. The summed E-state index contributed by atoms with van der Waals surface area (Å²) in [6.45, 7) is 3.17. The average molecular weight is 347 g/mol. The van der Waals surface area contributed by atoms with Gasteiger partial charge in [0.1, 0.15) is 18.2 Å². The lowest BCUT2D eigenvalue weighted by atomic mass is 10.2. The van der Waals surface area contributed by atoms with E-state index in [-0.39, 0.29) is 4.99 Å². The smallest absolute Gasteiger partial charge is 0.171 e. The first-order valence-electron chi connectivity index (χ1n) is 7.61. The molecule has 128 valence electrons. The van der Waals surface area contributed by atoms with Crippen LogP contribution in [0.15, 0.2) is 42.5 Å². The highest BCUT2D eigenvalue weighted by Gasteiger charge is 2.12. The van der Waals surface area contributed by atoms with Crippen molar-refractivity contribution in [1.29, 1.82) is 0 Å². The van der Waals surface area contributed by atoms with Gasteiger partial charge in [-0.05, 0) is 31.2 Å². The molecule has 2 aromatic carbocycles. The molecule has 0 aliphatic heterocycles. The Bertz CT molecular complexity index is 690. The molecule has 0 aliphatic rings. The quantitative estimate of drug-likeness (QED) is 0.555. The third-order valence-corrected chi connectivity index (χ3v) is 3.42. The standard InChI is InChI=1S/C18H21NO4S/c1-3-21-14-8-4-5-9-15(14)22-11-12-23-17-13(18(19)24)7-6-10-16(17)20-2/h4-10H,3,11-12H2,1-2H3,(H2,19,24). The number of methoxy groups -OCH3 is 1. The van der Waals surface area contributed by atoms with Crippen molar-refractivity contribution in [3.8, 4) is 23.0 Å². The summed E-state index contributed by atoms with van der Waals surface area (Å²) in [4.78, 5) is 0.256. The molecule has 2 N–H and O–H groups in total. The van der Waals surface area contributed by atoms with Gasteiger partial charge in [0.05, 0.1) is 19.3 Å². The zero-order valence-corrected chi connectivity index (χ0v) is 14.6. The third-order valence-electron chi connectivity index (χ3n) is 3.20. The van der Waals surface area contributed by atoms with Crippen LogP contribution in [-0.2, 0) is 0 Å². The molecule has 0 aromatic heterocycles. The van der Waals surface area contributed by atoms with Crippen molar-refractivity contribution in [1.82, 2.24) is 0 Å². The summed E-state index contributed by atoms with van der Waals surface area (Å²) in [5.41, 5.74) is 6.37. The van der Waals surface area contributed by atoms with Crippen LogP contribution < -0.4 is 24.7 Å². The molecule has 0 unspecified atom stereocenters. The van der Waals surface area contributed by atoms with E-state index in [1.165, 1.54) is 0 Å². The number of nitrogens with two attached hydrogens (primary N) is 1. The highest BCUT2D eigenvalue weighted by atomic mass is 32.1. The lowest BCUT2D eigenvalue weighted by Crippen LogP contribution is -2.15. The molecule has 0 fully saturated rings. The SMILES string of the molecule is CCOc1ccccc1OCCOc1c(OC)cccc1C(N)=S. The Balaban J connectivity index is 1.99. The minimum Gasteiger partial charge on any atom is -0.493 e. The molecular formula is C18H21NO4S. The van der Waals surface area contributed by atoms with Crippen LogP contribution in [0.25, 0.3) is 0 Å². The highest BCUT2D eigenvalue weighted by molar-refractivity contribution is 7.80. The van der Waals surface area contributed by atoms with E-state index in [0.717, 1.165) is 0 Å². The fraction of sp³-hybridized carbons (Fsp3) is 0.278. The molecule has 0 bridgehead atoms. The molecule has 0 spiro atoms. The van der Waals surface area contributed by atoms with Gasteiger partial charge in [-0.2, -0.15) is 0 Å². The van der Waals surface area contributed by atoms with Gasteiger partial charge in [-0.15, -0.1) is 0 Å². The Hall–Kier alpha value is -2.47. The minimum atomic E-state index is 0.256. The van der Waals surface area contributed by atoms with Crippen LogP contribution in [0.3, 0.4) is 0 Å². The van der Waals surface area contributed by atoms with E-state index in [9.17, 15) is 0 Å². The van der Waals surface area contributed by atoms with E-state index < -0.39 is 0 Å². The monoisotopic (exact) mass is 347 g/mol. The fourth-order valence-corrected chi connectivity index (χ4v) is 2.32. The number of ether oxygens (including phenoxy) is 4. The van der Waals surface area contributed by atoms with Gasteiger partial charge in [0, 0.05) is 0 Å². The maximum absolute atomic E-state index is 5.78. The summed E-state index contributed by atoms with van der Waals surface area (Å²) < 4.78 is 22.3. The topological polar surface area (TPSA) is 62.9 Å². The number of para-hydroxylation sites is 3. The van der Waals surface area contributed by atoms with Gasteiger partial charge < -0.3 is 24.7 Å². The Morgan fingerprint density at radius 1 is 0.917 bits per heavy atom. The lowest BCUT2D eigenvalue weighted by Gasteiger charge is -2.15. The maximum Gasteiger partial charge on any atom is 0.171 e. The molecule has 5 nitrogen and oxygen atoms in total. The first kappa shape index (κ1) is 17.9. The molecule has 0 amide bonds. The Kier molecular flexibility index (Phi) is 6.69. The van der Waals surface area contributed by atoms with Gasteiger partial charge >= 0.3 is 0 Å². The molecule has 6 heteroatoms. The lowest BCUT2D eigenvalue weighted by molar-refractivity contribution is 0.203. The van der Waals surface area contributed by atoms with Crippen LogP contribution in [0.2, 0.25) is 0 Å². The van der Waals surface area contributed by atoms with Gasteiger partial charge in [-0.25, -0.2) is 0 Å². The van der Waals surface area contributed by atoms with E-state index in [1.807, 2.05) is 37.3 Å². The van der Waals surface area contributed by atoms with Crippen LogP contribution in [0.5, 0.6) is 23.0 Å². The number of hydrogen-bond acceptors (Lipinski definition) is 5. The van der Waals surface area contributed by atoms with Gasteiger partial charge in [-0.1, -0.05) is 30.4 Å². The van der Waals surface area contributed by atoms with E-state index in [1.54, 1.807) is 19.2 Å². The van der Waals surface area contributed by atoms with Crippen molar-refractivity contribution in [2.75, 3.05) is 26.9 Å². The molecule has 0 radical (unpaired) electrons. The molecule has 24 heavy (non-hydrogen) atoms. The van der Waals surface area contributed by atoms with Crippen molar-refractivity contribution in [3.05, 3.63) is 48.0 Å². The van der Waals surface area contributed by atoms with Crippen LogP contribution in [0, 0.1) is 0 Å². The number of hydrogen-bond donors (Lipinski definition) is 1. The summed E-state index contributed by atoms with van der Waals surface area (Å²) in [5, 5.41) is 0. The highest BCUT2D eigenvalue weighted by Crippen LogP contribution is 2.31. The maximum atomic E-state index is 5.78. The summed E-state index contributed by atoms with van der Waals surface area (Å²) in [6, 6.07) is 12.9. The molecular weight excluding hydrogens is 326 g/mol. The second kappa shape index (κ2) is 8.98. The van der Waals surface area contributed by atoms with Gasteiger partial charge in [0.15, 0.2) is 23.0 Å². The fourth-order valence-electron chi connectivity index (χ4n) is 2.16. The van der Waals surface area contributed by atoms with Gasteiger partial charge in [0.2, 0.25) is 0 Å². The minimum absolute atomic E-state index is 0.256. The first-order chi connectivity index (χ1) is 11.7. The number of rotatable bonds is 9. The van der Waals surface area contributed by atoms with Crippen molar-refractivity contribution in [2.24, 2.45) is 5.73 Å². The largest absolute Gasteiger partial charge is 0.493 e. The molecule has 2 aromatic rings. The number of thiocarbonyl (C=S) groups is 1. The van der Waals surface area contributed by atoms with E-state index in [2.05, 4.69) is 0 Å². The zero-order valence-electron chi connectivity index (χ0n) is 13.8. The second-order valence-corrected chi connectivity index (χ2v) is 5.22. The molecule has 0 heterocycles. The predicted molar refractivity (Wildman–Crippen MR) is 97.5 cm³/mol. The summed E-state index contributed by atoms with van der Waals surface area (Å²) in [6.07, 6.45) is 0. The molecule has 0 aliphatic carbocycles. The second-order valence-electron chi connectivity index (χ2n) is 4.78. The van der Waals surface area contributed by atoms with Crippen molar-refractivity contribution in [2.45, 2.75) is 6.92 Å². The number of benzene rings is 2. The van der Waals surface area contributed by atoms with Gasteiger partial charge in [-0.3, -0.25) is 0 Å². The Morgan fingerprint density at radius 3 is 2.17 bits per heavy atom. The van der Waals surface area contributed by atoms with Crippen LogP contribution >= 0.6 is 12.2 Å². The van der Waals surface area contributed by atoms with Crippen LogP contribution in [0.4, 0.5) is 0 Å². The predicted octanol–water partition coefficient (Wildman–Crippen LogP) is 3.19. The van der Waals surface area contributed by atoms with Crippen molar-refractivity contribution >= 4 is 17.2 Å². The van der Waals surface area contributed by atoms with Gasteiger partial charge in [0.25, 0.3) is 0 Å². The van der Waals surface area contributed by atoms with Crippen LogP contribution in [0.1, 0.15) is 12.5 Å². The van der Waals surface area contributed by atoms with E-state index in [0.29, 0.717) is 48.4 Å². The Labute approximate surface area is 147 Å². The summed E-state index contributed by atoms with van der Waals surface area (Å²) in [5.74, 6) is 2.49. The van der Waals surface area contributed by atoms with Crippen molar-refractivity contribution < 1.29 is 18.9 Å². The molecule has 0 saturated heterocycles. The molecule has 2 rings (SSSR count). The summed E-state index contributed by atoms with van der Waals surface area (Å²) in [7, 11) is 1.57. The van der Waals surface area contributed by atoms with E-state index >= 15 is 0 Å². The van der Waals surface area contributed by atoms with E-state index in [4.69, 9.17) is 36.9 Å². The molecule has 0 atom stereocenters. The first-order valence-corrected chi connectivity index (χ1v) is 8.02. The van der Waals surface area contributed by atoms with Crippen LogP contribution in [-0.4, -0.2) is 31.9 Å². The summed E-state index contributed by atoms with van der Waals surface area (Å²) >= 11 is 5.05. The average Bonchev–Trinajstić information content (AvgIpc) is 2.60. The zero-order chi connectivity index (χ0) is 17.4. The van der Waals surface area contributed by atoms with Crippen molar-refractivity contribution in [3.63, 3.8) is 0 Å². The normalized spacial score (nSPS) is 10.1. The Morgan fingerprint density at radius 2 is 1.54 bits per heavy atom.